The van der Waals surface area contributed by atoms with Crippen LogP contribution in [0.1, 0.15) is 0 Å². The Hall–Kier alpha value is -0.684. The molecule has 0 nitrogen and oxygen atoms in total. The predicted octanol–water partition coefficient (Wildman–Crippen LogP) is 9.66. The molecule has 0 heterocycles. The molecule has 0 aromatic heterocycles. The van der Waals surface area contributed by atoms with Gasteiger partial charge in [-0.2, -0.15) is 78.3 Å². The summed E-state index contributed by atoms with van der Waals surface area (Å²) in [6, 6.07) is 37.4. The molecular weight excluding hydrogens is 840 g/mol. The van der Waals surface area contributed by atoms with Gasteiger partial charge in [0.05, 0.1) is 8.07 Å². The standard InChI is InChI=1S/2C8H13Si.2C7H4.2C5H5.BrH.Cu.2Fe.Ti/c2*1-9(2,3)8-6-4-5-7-8;2*1-2-7-5-3-4-6-7;2*1-2-4-5-3-1;;;;;/h2*4-7H,1-3H3;2*3-6H;2*1-5H;1H;;;;/q2*-1;2*-2;2*-1;;+1;;;+4/p-1. The van der Waals surface area contributed by atoms with Crippen LogP contribution in [0.5, 0.6) is 0 Å². The maximum absolute atomic E-state index is 6.61. The summed E-state index contributed by atoms with van der Waals surface area (Å²) >= 11 is 6.50. The molecule has 0 aliphatic heterocycles. The molecule has 0 amide bonds. The fourth-order valence-corrected chi connectivity index (χ4v) is 5.69. The Morgan fingerprint density at radius 3 is 1.40 bits per heavy atom. The summed E-state index contributed by atoms with van der Waals surface area (Å²) < 4.78 is 0. The summed E-state index contributed by atoms with van der Waals surface area (Å²) in [5.41, 5.74) is 0.847. The van der Waals surface area contributed by atoms with E-state index >= 15 is 0 Å². The summed E-state index contributed by atoms with van der Waals surface area (Å²) in [5, 5.41) is 3.12. The SMILES string of the molecule is C[Si](C)(C)c1cc[cH-]c1.C[Si](C)(C)c1ccc[cH-]1.[C-]#CC1=C[CH][CH][CH-]1.[C-]#C[C]1[CH][CH][CH][CH-]1.[Cu][Br].[Fe].[Fe].[Ti+4].c1cc[cH-]c1.c1cc[cH-]c1. The average molecular weight is 884 g/mol. The van der Waals surface area contributed by atoms with Crippen LogP contribution in [-0.2, 0) is 70.1 Å². The minimum absolute atomic E-state index is 0. The van der Waals surface area contributed by atoms with E-state index in [1.165, 1.54) is 0 Å². The molecule has 2 aliphatic rings. The van der Waals surface area contributed by atoms with E-state index in [0.29, 0.717) is 0 Å². The fourth-order valence-electron chi connectivity index (χ4n) is 3.30. The molecule has 254 valence electrons. The first-order valence-electron chi connectivity index (χ1n) is 14.3. The minimum atomic E-state index is -0.981. The molecule has 0 atom stereocenters. The van der Waals surface area contributed by atoms with E-state index in [4.69, 9.17) is 12.8 Å². The Bertz CT molecular complexity index is 1130. The van der Waals surface area contributed by atoms with Crippen LogP contribution < -0.4 is 10.4 Å². The monoisotopic (exact) mass is 882 g/mol. The molecule has 0 N–H and O–H groups in total. The van der Waals surface area contributed by atoms with Gasteiger partial charge in [0.25, 0.3) is 0 Å². The van der Waals surface area contributed by atoms with E-state index in [0.717, 1.165) is 11.5 Å². The van der Waals surface area contributed by atoms with Gasteiger partial charge in [-0.05, 0) is 0 Å². The summed E-state index contributed by atoms with van der Waals surface area (Å²) in [7, 11) is -1.96. The Morgan fingerprint density at radius 2 is 1.21 bits per heavy atom. The van der Waals surface area contributed by atoms with Crippen LogP contribution in [0.4, 0.5) is 0 Å². The Kier molecular flexibility index (Phi) is 38.2. The molecular formula is C40H44BrCuFe2Si2Ti-4. The third-order valence-electron chi connectivity index (χ3n) is 5.78. The predicted molar refractivity (Wildman–Crippen MR) is 199 cm³/mol. The normalized spacial score (nSPS) is 12.3. The number of hydrogen-bond acceptors (Lipinski definition) is 0. The van der Waals surface area contributed by atoms with E-state index in [1.807, 2.05) is 112 Å². The molecule has 2 aliphatic carbocycles. The van der Waals surface area contributed by atoms with Gasteiger partial charge in [0.2, 0.25) is 0 Å². The minimum Gasteiger partial charge on any atom is -0.214 e. The van der Waals surface area contributed by atoms with Crippen molar-refractivity contribution in [1.82, 2.24) is 0 Å². The zero-order chi connectivity index (χ0) is 33.1. The van der Waals surface area contributed by atoms with Crippen LogP contribution in [0.15, 0.2) is 121 Å². The Balaban J connectivity index is -0.000000233. The van der Waals surface area contributed by atoms with Gasteiger partial charge in [-0.3, -0.25) is 12.5 Å². The van der Waals surface area contributed by atoms with E-state index in [9.17, 15) is 0 Å². The van der Waals surface area contributed by atoms with Gasteiger partial charge in [0.15, 0.2) is 0 Å². The summed E-state index contributed by atoms with van der Waals surface area (Å²) in [6.07, 6.45) is 28.1. The van der Waals surface area contributed by atoms with Crippen LogP contribution in [0.3, 0.4) is 0 Å². The van der Waals surface area contributed by atoms with Crippen molar-refractivity contribution in [2.75, 3.05) is 0 Å². The van der Waals surface area contributed by atoms with Crippen molar-refractivity contribution in [2.24, 2.45) is 0 Å². The van der Waals surface area contributed by atoms with Crippen LogP contribution in [-0.4, -0.2) is 16.1 Å². The topological polar surface area (TPSA) is 0 Å². The van der Waals surface area contributed by atoms with Crippen molar-refractivity contribution >= 4 is 40.6 Å². The first-order chi connectivity index (χ1) is 21.1. The number of halogens is 1. The largest absolute Gasteiger partial charge is 4.00 e. The van der Waals surface area contributed by atoms with Crippen LogP contribution >= 0.6 is 14.1 Å². The zero-order valence-corrected chi connectivity index (χ0v) is 36.2. The third kappa shape index (κ3) is 29.9. The molecule has 7 heteroatoms. The van der Waals surface area contributed by atoms with Crippen LogP contribution in [0.25, 0.3) is 0 Å². The van der Waals surface area contributed by atoms with E-state index < -0.39 is 16.1 Å². The average Bonchev–Trinajstić information content (AvgIpc) is 3.89. The van der Waals surface area contributed by atoms with Crippen molar-refractivity contribution in [3.05, 3.63) is 185 Å². The number of allylic oxidation sites excluding steroid dienone is 2. The second-order valence-electron chi connectivity index (χ2n) is 11.4. The van der Waals surface area contributed by atoms with Gasteiger partial charge in [-0.25, -0.2) is 47.7 Å². The van der Waals surface area contributed by atoms with E-state index in [2.05, 4.69) is 128 Å². The van der Waals surface area contributed by atoms with Gasteiger partial charge >= 0.3 is 50.0 Å². The van der Waals surface area contributed by atoms with Gasteiger partial charge in [0, 0.05) is 42.2 Å². The Morgan fingerprint density at radius 1 is 0.660 bits per heavy atom. The number of hydrogen-bond donors (Lipinski definition) is 0. The fraction of sp³-hybridized carbons (Fsp3) is 0.150. The molecule has 0 bridgehead atoms. The van der Waals surface area contributed by atoms with Gasteiger partial charge in [-0.1, -0.05) is 65.0 Å². The molecule has 6 rings (SSSR count). The smallest absolute Gasteiger partial charge is 0.214 e. The molecule has 0 saturated heterocycles. The first kappa shape index (κ1) is 53.1. The van der Waals surface area contributed by atoms with Crippen LogP contribution in [0.2, 0.25) is 39.3 Å². The molecule has 0 spiro atoms. The molecule has 47 heavy (non-hydrogen) atoms. The number of rotatable bonds is 2. The van der Waals surface area contributed by atoms with Crippen molar-refractivity contribution in [2.45, 2.75) is 39.3 Å². The summed E-state index contributed by atoms with van der Waals surface area (Å²) in [6.45, 7) is 14.2. The molecule has 4 aromatic carbocycles. The molecule has 4 aromatic rings. The van der Waals surface area contributed by atoms with Crippen molar-refractivity contribution < 1.29 is 70.1 Å². The second-order valence-corrected chi connectivity index (χ2v) is 21.5. The van der Waals surface area contributed by atoms with Crippen molar-refractivity contribution in [3.63, 3.8) is 0 Å². The quantitative estimate of drug-likeness (QED) is 0.107. The summed E-state index contributed by atoms with van der Waals surface area (Å²) in [4.78, 5) is 0. The summed E-state index contributed by atoms with van der Waals surface area (Å²) in [5.74, 6) is 5.36. The van der Waals surface area contributed by atoms with Gasteiger partial charge in [-0.15, -0.1) is 5.92 Å². The maximum atomic E-state index is 6.61. The van der Waals surface area contributed by atoms with Gasteiger partial charge < -0.3 is 36.7 Å². The zero-order valence-electron chi connectivity index (χ0n) is 27.9. The Labute approximate surface area is 343 Å². The molecule has 1 saturated carbocycles. The first-order valence-corrected chi connectivity index (χ1v) is 23.6. The van der Waals surface area contributed by atoms with Crippen molar-refractivity contribution in [1.29, 1.82) is 0 Å². The molecule has 0 unspecified atom stereocenters. The van der Waals surface area contributed by atoms with Crippen molar-refractivity contribution in [3.8, 4) is 11.8 Å². The third-order valence-corrected chi connectivity index (χ3v) is 9.91. The molecule has 6 radical (unpaired) electrons. The van der Waals surface area contributed by atoms with Gasteiger partial charge in [0.1, 0.15) is 0 Å². The van der Waals surface area contributed by atoms with E-state index in [-0.39, 0.29) is 55.9 Å². The second kappa shape index (κ2) is 33.8. The molecule has 1 fully saturated rings. The van der Waals surface area contributed by atoms with Crippen LogP contribution in [0, 0.1) is 75.6 Å². The van der Waals surface area contributed by atoms with E-state index in [1.54, 1.807) is 10.4 Å². The maximum Gasteiger partial charge on any atom is 4.00 e.